The number of ether oxygens (including phenoxy) is 1. The molecule has 0 unspecified atom stereocenters. The van der Waals surface area contributed by atoms with E-state index in [1.165, 1.54) is 5.56 Å². The zero-order valence-electron chi connectivity index (χ0n) is 10.5. The van der Waals surface area contributed by atoms with Crippen molar-refractivity contribution >= 4 is 5.91 Å². The summed E-state index contributed by atoms with van der Waals surface area (Å²) >= 11 is 0. The van der Waals surface area contributed by atoms with Crippen molar-refractivity contribution in [3.05, 3.63) is 29.8 Å². The van der Waals surface area contributed by atoms with Crippen molar-refractivity contribution in [1.29, 1.82) is 0 Å². The van der Waals surface area contributed by atoms with E-state index in [0.717, 1.165) is 18.7 Å². The lowest BCUT2D eigenvalue weighted by Crippen LogP contribution is -2.34. The van der Waals surface area contributed by atoms with Gasteiger partial charge in [-0.1, -0.05) is 12.1 Å². The lowest BCUT2D eigenvalue weighted by molar-refractivity contribution is -0.120. The number of hydrogen-bond acceptors (Lipinski definition) is 3. The zero-order chi connectivity index (χ0) is 12.5. The van der Waals surface area contributed by atoms with E-state index in [2.05, 4.69) is 16.7 Å². The standard InChI is InChI=1S/C13H20N2O2/c1-3-15-13(16)10-14-8-7-11-5-4-6-12(9-11)17-2/h4-6,9,14H,3,7-8,10H2,1-2H3,(H,15,16). The number of amides is 1. The van der Waals surface area contributed by atoms with Crippen molar-refractivity contribution in [1.82, 2.24) is 10.6 Å². The van der Waals surface area contributed by atoms with Crippen molar-refractivity contribution in [3.63, 3.8) is 0 Å². The van der Waals surface area contributed by atoms with E-state index in [1.807, 2.05) is 25.1 Å². The first-order valence-corrected chi connectivity index (χ1v) is 5.86. The lowest BCUT2D eigenvalue weighted by Gasteiger charge is -2.06. The van der Waals surface area contributed by atoms with Crippen molar-refractivity contribution < 1.29 is 9.53 Å². The van der Waals surface area contributed by atoms with Crippen LogP contribution >= 0.6 is 0 Å². The molecule has 2 N–H and O–H groups in total. The van der Waals surface area contributed by atoms with Gasteiger partial charge in [-0.15, -0.1) is 0 Å². The average molecular weight is 236 g/mol. The molecule has 0 bridgehead atoms. The Morgan fingerprint density at radius 1 is 1.41 bits per heavy atom. The van der Waals surface area contributed by atoms with E-state index in [1.54, 1.807) is 7.11 Å². The van der Waals surface area contributed by atoms with E-state index in [9.17, 15) is 4.79 Å². The van der Waals surface area contributed by atoms with Gasteiger partial charge in [-0.2, -0.15) is 0 Å². The first-order valence-electron chi connectivity index (χ1n) is 5.86. The Bertz CT molecular complexity index is 353. The number of likely N-dealkylation sites (N-methyl/N-ethyl adjacent to an activating group) is 1. The second kappa shape index (κ2) is 7.68. The molecule has 17 heavy (non-hydrogen) atoms. The Balaban J connectivity index is 2.24. The molecule has 1 aromatic carbocycles. The van der Waals surface area contributed by atoms with Gasteiger partial charge in [0, 0.05) is 6.54 Å². The Morgan fingerprint density at radius 3 is 2.94 bits per heavy atom. The maximum atomic E-state index is 11.2. The molecule has 0 radical (unpaired) electrons. The molecule has 94 valence electrons. The minimum atomic E-state index is 0.0399. The summed E-state index contributed by atoms with van der Waals surface area (Å²) in [6.07, 6.45) is 0.886. The topological polar surface area (TPSA) is 50.4 Å². The largest absolute Gasteiger partial charge is 0.497 e. The molecule has 1 aromatic rings. The summed E-state index contributed by atoms with van der Waals surface area (Å²) in [7, 11) is 1.66. The number of hydrogen-bond donors (Lipinski definition) is 2. The molecular formula is C13H20N2O2. The molecule has 0 aromatic heterocycles. The monoisotopic (exact) mass is 236 g/mol. The van der Waals surface area contributed by atoms with Gasteiger partial charge in [0.15, 0.2) is 0 Å². The highest BCUT2D eigenvalue weighted by Gasteiger charge is 1.99. The Labute approximate surface area is 102 Å². The van der Waals surface area contributed by atoms with E-state index in [0.29, 0.717) is 13.1 Å². The summed E-state index contributed by atoms with van der Waals surface area (Å²) < 4.78 is 5.15. The predicted octanol–water partition coefficient (Wildman–Crippen LogP) is 0.963. The summed E-state index contributed by atoms with van der Waals surface area (Å²) in [4.78, 5) is 11.2. The van der Waals surface area contributed by atoms with Crippen LogP contribution in [-0.4, -0.2) is 32.7 Å². The maximum absolute atomic E-state index is 11.2. The van der Waals surface area contributed by atoms with Gasteiger partial charge in [0.2, 0.25) is 5.91 Å². The normalized spacial score (nSPS) is 10.0. The number of methoxy groups -OCH3 is 1. The number of carbonyl (C=O) groups excluding carboxylic acids is 1. The Morgan fingerprint density at radius 2 is 2.24 bits per heavy atom. The van der Waals surface area contributed by atoms with Crippen LogP contribution in [0.15, 0.2) is 24.3 Å². The average Bonchev–Trinajstić information content (AvgIpc) is 2.35. The van der Waals surface area contributed by atoms with Crippen molar-refractivity contribution in [3.8, 4) is 5.75 Å². The first-order chi connectivity index (χ1) is 8.26. The maximum Gasteiger partial charge on any atom is 0.233 e. The van der Waals surface area contributed by atoms with Crippen LogP contribution in [-0.2, 0) is 11.2 Å². The van der Waals surface area contributed by atoms with Crippen LogP contribution in [0.1, 0.15) is 12.5 Å². The van der Waals surface area contributed by atoms with Gasteiger partial charge < -0.3 is 15.4 Å². The summed E-state index contributed by atoms with van der Waals surface area (Å²) in [6.45, 7) is 3.74. The molecule has 0 spiro atoms. The van der Waals surface area contributed by atoms with Gasteiger partial charge in [-0.3, -0.25) is 4.79 Å². The van der Waals surface area contributed by atoms with Crippen molar-refractivity contribution in [2.24, 2.45) is 0 Å². The molecule has 0 aliphatic heterocycles. The summed E-state index contributed by atoms with van der Waals surface area (Å²) in [5.41, 5.74) is 1.20. The third-order valence-electron chi connectivity index (χ3n) is 2.38. The van der Waals surface area contributed by atoms with Crippen LogP contribution in [0, 0.1) is 0 Å². The fourth-order valence-corrected chi connectivity index (χ4v) is 1.52. The molecule has 0 heterocycles. The molecule has 1 amide bonds. The van der Waals surface area contributed by atoms with Gasteiger partial charge in [-0.05, 0) is 37.6 Å². The van der Waals surface area contributed by atoms with E-state index >= 15 is 0 Å². The van der Waals surface area contributed by atoms with E-state index in [4.69, 9.17) is 4.74 Å². The third kappa shape index (κ3) is 5.36. The van der Waals surface area contributed by atoms with Crippen molar-refractivity contribution in [2.75, 3.05) is 26.7 Å². The minimum Gasteiger partial charge on any atom is -0.497 e. The highest BCUT2D eigenvalue weighted by Crippen LogP contribution is 2.12. The smallest absolute Gasteiger partial charge is 0.233 e. The second-order valence-corrected chi connectivity index (χ2v) is 3.73. The molecule has 0 saturated heterocycles. The van der Waals surface area contributed by atoms with E-state index in [-0.39, 0.29) is 5.91 Å². The Kier molecular flexibility index (Phi) is 6.10. The van der Waals surface area contributed by atoms with Crippen molar-refractivity contribution in [2.45, 2.75) is 13.3 Å². The molecule has 0 aliphatic rings. The SMILES string of the molecule is CCNC(=O)CNCCc1cccc(OC)c1. The van der Waals surface area contributed by atoms with Crippen LogP contribution < -0.4 is 15.4 Å². The molecule has 0 fully saturated rings. The molecule has 4 heteroatoms. The highest BCUT2D eigenvalue weighted by molar-refractivity contribution is 5.77. The third-order valence-corrected chi connectivity index (χ3v) is 2.38. The number of nitrogens with one attached hydrogen (secondary N) is 2. The zero-order valence-corrected chi connectivity index (χ0v) is 10.5. The number of carbonyl (C=O) groups is 1. The van der Waals surface area contributed by atoms with Crippen LogP contribution in [0.4, 0.5) is 0 Å². The quantitative estimate of drug-likeness (QED) is 0.693. The summed E-state index contributed by atoms with van der Waals surface area (Å²) in [5, 5.41) is 5.84. The molecule has 0 aliphatic carbocycles. The number of benzene rings is 1. The lowest BCUT2D eigenvalue weighted by atomic mass is 10.1. The predicted molar refractivity (Wildman–Crippen MR) is 68.3 cm³/mol. The van der Waals surface area contributed by atoms with Crippen LogP contribution in [0.25, 0.3) is 0 Å². The van der Waals surface area contributed by atoms with Gasteiger partial charge >= 0.3 is 0 Å². The first kappa shape index (κ1) is 13.5. The van der Waals surface area contributed by atoms with Crippen LogP contribution in [0.2, 0.25) is 0 Å². The number of rotatable bonds is 7. The summed E-state index contributed by atoms with van der Waals surface area (Å²) in [6, 6.07) is 7.95. The highest BCUT2D eigenvalue weighted by atomic mass is 16.5. The van der Waals surface area contributed by atoms with Crippen LogP contribution in [0.5, 0.6) is 5.75 Å². The van der Waals surface area contributed by atoms with Gasteiger partial charge in [-0.25, -0.2) is 0 Å². The molecule has 1 rings (SSSR count). The van der Waals surface area contributed by atoms with Gasteiger partial charge in [0.25, 0.3) is 0 Å². The molecule has 0 atom stereocenters. The fourth-order valence-electron chi connectivity index (χ4n) is 1.52. The fraction of sp³-hybridized carbons (Fsp3) is 0.462. The van der Waals surface area contributed by atoms with E-state index < -0.39 is 0 Å². The van der Waals surface area contributed by atoms with Gasteiger partial charge in [0.1, 0.15) is 5.75 Å². The second-order valence-electron chi connectivity index (χ2n) is 3.73. The molecule has 4 nitrogen and oxygen atoms in total. The van der Waals surface area contributed by atoms with Crippen LogP contribution in [0.3, 0.4) is 0 Å². The molecule has 0 saturated carbocycles. The summed E-state index contributed by atoms with van der Waals surface area (Å²) in [5.74, 6) is 0.907. The van der Waals surface area contributed by atoms with Gasteiger partial charge in [0.05, 0.1) is 13.7 Å². The minimum absolute atomic E-state index is 0.0399. The molecular weight excluding hydrogens is 216 g/mol. The Hall–Kier alpha value is -1.55.